The van der Waals surface area contributed by atoms with Crippen LogP contribution in [0.4, 0.5) is 0 Å². The predicted molar refractivity (Wildman–Crippen MR) is 71.9 cm³/mol. The lowest BCUT2D eigenvalue weighted by atomic mass is 9.81. The summed E-state index contributed by atoms with van der Waals surface area (Å²) in [5, 5.41) is 0. The van der Waals surface area contributed by atoms with E-state index in [4.69, 9.17) is 4.74 Å². The molecule has 0 aromatic heterocycles. The molecule has 2 saturated heterocycles. The molecule has 0 aromatic carbocycles. The molecule has 2 aliphatic carbocycles. The van der Waals surface area contributed by atoms with Crippen LogP contribution in [0.15, 0.2) is 0 Å². The summed E-state index contributed by atoms with van der Waals surface area (Å²) in [7, 11) is 0. The number of carbonyl (C=O) groups is 3. The number of imide groups is 1. The van der Waals surface area contributed by atoms with Crippen molar-refractivity contribution in [3.05, 3.63) is 0 Å². The molecule has 4 unspecified atom stereocenters. The molecule has 4 rings (SSSR count). The van der Waals surface area contributed by atoms with Gasteiger partial charge in [0.05, 0.1) is 25.0 Å². The van der Waals surface area contributed by atoms with Crippen LogP contribution in [0.1, 0.15) is 19.3 Å². The topological polar surface area (TPSA) is 66.9 Å². The van der Waals surface area contributed by atoms with Crippen molar-refractivity contribution >= 4 is 17.7 Å². The molecule has 0 radical (unpaired) electrons. The highest BCUT2D eigenvalue weighted by molar-refractivity contribution is 6.08. The Morgan fingerprint density at radius 1 is 1.05 bits per heavy atom. The molecular weight excluding hydrogens is 272 g/mol. The summed E-state index contributed by atoms with van der Waals surface area (Å²) < 4.78 is 5.22. The summed E-state index contributed by atoms with van der Waals surface area (Å²) in [4.78, 5) is 40.2. The Labute approximate surface area is 123 Å². The van der Waals surface area contributed by atoms with Crippen molar-refractivity contribution in [2.24, 2.45) is 23.7 Å². The van der Waals surface area contributed by atoms with Gasteiger partial charge in [-0.25, -0.2) is 0 Å². The molecule has 2 aliphatic heterocycles. The first-order valence-corrected chi connectivity index (χ1v) is 7.87. The first-order valence-electron chi connectivity index (χ1n) is 7.87. The summed E-state index contributed by atoms with van der Waals surface area (Å²) >= 11 is 0. The number of carbonyl (C=O) groups excluding carboxylic acids is 3. The highest BCUT2D eigenvalue weighted by Gasteiger charge is 2.61. The van der Waals surface area contributed by atoms with Gasteiger partial charge in [-0.1, -0.05) is 0 Å². The molecule has 2 saturated carbocycles. The first-order chi connectivity index (χ1) is 10.2. The van der Waals surface area contributed by atoms with Crippen molar-refractivity contribution in [1.29, 1.82) is 0 Å². The Morgan fingerprint density at radius 3 is 2.19 bits per heavy atom. The van der Waals surface area contributed by atoms with Crippen LogP contribution in [-0.4, -0.2) is 60.4 Å². The molecule has 6 nitrogen and oxygen atoms in total. The Kier molecular flexibility index (Phi) is 3.03. The van der Waals surface area contributed by atoms with Crippen LogP contribution < -0.4 is 0 Å². The van der Waals surface area contributed by atoms with Crippen molar-refractivity contribution in [3.8, 4) is 0 Å². The molecule has 4 atom stereocenters. The highest BCUT2D eigenvalue weighted by Crippen LogP contribution is 2.56. The lowest BCUT2D eigenvalue weighted by Crippen LogP contribution is -2.47. The molecule has 4 fully saturated rings. The van der Waals surface area contributed by atoms with Crippen LogP contribution in [0.3, 0.4) is 0 Å². The van der Waals surface area contributed by atoms with Gasteiger partial charge >= 0.3 is 0 Å². The maximum atomic E-state index is 12.5. The van der Waals surface area contributed by atoms with Crippen molar-refractivity contribution in [1.82, 2.24) is 9.80 Å². The molecule has 0 aromatic rings. The lowest BCUT2D eigenvalue weighted by molar-refractivity contribution is -0.148. The number of hydrogen-bond donors (Lipinski definition) is 0. The normalized spacial score (nSPS) is 38.3. The highest BCUT2D eigenvalue weighted by atomic mass is 16.5. The third-order valence-corrected chi connectivity index (χ3v) is 5.68. The Balaban J connectivity index is 1.47. The van der Waals surface area contributed by atoms with E-state index in [-0.39, 0.29) is 36.1 Å². The maximum Gasteiger partial charge on any atom is 0.242 e. The number of ether oxygens (including phenoxy) is 1. The van der Waals surface area contributed by atoms with Gasteiger partial charge in [-0.3, -0.25) is 19.3 Å². The van der Waals surface area contributed by atoms with E-state index in [1.165, 1.54) is 4.90 Å². The molecule has 0 spiro atoms. The molecule has 4 aliphatic rings. The summed E-state index contributed by atoms with van der Waals surface area (Å²) in [5.41, 5.74) is 0. The van der Waals surface area contributed by atoms with Gasteiger partial charge < -0.3 is 9.64 Å². The van der Waals surface area contributed by atoms with Gasteiger partial charge in [0.15, 0.2) is 0 Å². The first kappa shape index (κ1) is 13.2. The molecule has 6 heteroatoms. The van der Waals surface area contributed by atoms with Crippen LogP contribution in [0.25, 0.3) is 0 Å². The number of nitrogens with zero attached hydrogens (tertiary/aromatic N) is 2. The fourth-order valence-corrected chi connectivity index (χ4v) is 4.67. The van der Waals surface area contributed by atoms with E-state index in [2.05, 4.69) is 0 Å². The quantitative estimate of drug-likeness (QED) is 0.665. The number of rotatable bonds is 2. The van der Waals surface area contributed by atoms with Crippen molar-refractivity contribution in [2.45, 2.75) is 19.3 Å². The number of hydrogen-bond acceptors (Lipinski definition) is 4. The predicted octanol–water partition coefficient (Wildman–Crippen LogP) is -0.124. The second-order valence-electron chi connectivity index (χ2n) is 6.64. The summed E-state index contributed by atoms with van der Waals surface area (Å²) in [6.45, 7) is 2.08. The second kappa shape index (κ2) is 4.80. The van der Waals surface area contributed by atoms with Gasteiger partial charge in [-0.05, 0) is 31.1 Å². The van der Waals surface area contributed by atoms with Gasteiger partial charge in [-0.2, -0.15) is 0 Å². The van der Waals surface area contributed by atoms with E-state index >= 15 is 0 Å². The van der Waals surface area contributed by atoms with Crippen LogP contribution in [0.5, 0.6) is 0 Å². The summed E-state index contributed by atoms with van der Waals surface area (Å²) in [6.07, 6.45) is 3.16. The fourth-order valence-electron chi connectivity index (χ4n) is 4.67. The van der Waals surface area contributed by atoms with Crippen LogP contribution >= 0.6 is 0 Å². The summed E-state index contributed by atoms with van der Waals surface area (Å²) in [6, 6.07) is 0. The van der Waals surface area contributed by atoms with E-state index in [1.54, 1.807) is 4.90 Å². The van der Waals surface area contributed by atoms with Gasteiger partial charge in [0.2, 0.25) is 17.7 Å². The van der Waals surface area contributed by atoms with Gasteiger partial charge in [0.25, 0.3) is 0 Å². The van der Waals surface area contributed by atoms with Gasteiger partial charge in [0, 0.05) is 13.1 Å². The van der Waals surface area contributed by atoms with E-state index in [1.807, 2.05) is 0 Å². The third kappa shape index (κ3) is 1.92. The minimum Gasteiger partial charge on any atom is -0.378 e. The number of fused-ring (bicyclic) bond motifs is 5. The molecule has 0 N–H and O–H groups in total. The zero-order valence-corrected chi connectivity index (χ0v) is 12.0. The zero-order valence-electron chi connectivity index (χ0n) is 12.0. The average molecular weight is 292 g/mol. The van der Waals surface area contributed by atoms with Crippen molar-refractivity contribution in [3.63, 3.8) is 0 Å². The fraction of sp³-hybridized carbons (Fsp3) is 0.800. The van der Waals surface area contributed by atoms with Crippen molar-refractivity contribution in [2.75, 3.05) is 32.8 Å². The molecule has 2 bridgehead atoms. The standard InChI is InChI=1S/C15H20N2O4/c18-11(16-3-5-21-6-4-16)8-17-14(19)12-9-1-2-10(7-9)13(12)15(17)20/h9-10,12-13H,1-8H2. The minimum absolute atomic E-state index is 0.0793. The lowest BCUT2D eigenvalue weighted by Gasteiger charge is -2.28. The Bertz CT molecular complexity index is 472. The van der Waals surface area contributed by atoms with Gasteiger partial charge in [0.1, 0.15) is 6.54 Å². The van der Waals surface area contributed by atoms with E-state index < -0.39 is 0 Å². The molecule has 114 valence electrons. The average Bonchev–Trinajstić information content (AvgIpc) is 3.18. The Hall–Kier alpha value is -1.43. The van der Waals surface area contributed by atoms with E-state index in [9.17, 15) is 14.4 Å². The van der Waals surface area contributed by atoms with Crippen LogP contribution in [0, 0.1) is 23.7 Å². The monoisotopic (exact) mass is 292 g/mol. The zero-order chi connectivity index (χ0) is 14.6. The summed E-state index contributed by atoms with van der Waals surface area (Å²) in [5.74, 6) is 0.160. The minimum atomic E-state index is -0.132. The molecule has 2 heterocycles. The van der Waals surface area contributed by atoms with Crippen molar-refractivity contribution < 1.29 is 19.1 Å². The van der Waals surface area contributed by atoms with Crippen LogP contribution in [0.2, 0.25) is 0 Å². The maximum absolute atomic E-state index is 12.5. The number of morpholine rings is 1. The molecule has 21 heavy (non-hydrogen) atoms. The van der Waals surface area contributed by atoms with Crippen LogP contribution in [-0.2, 0) is 19.1 Å². The Morgan fingerprint density at radius 2 is 1.62 bits per heavy atom. The second-order valence-corrected chi connectivity index (χ2v) is 6.64. The molecular formula is C15H20N2O4. The number of likely N-dealkylation sites (tertiary alicyclic amines) is 1. The molecule has 3 amide bonds. The van der Waals surface area contributed by atoms with Gasteiger partial charge in [-0.15, -0.1) is 0 Å². The van der Waals surface area contributed by atoms with E-state index in [0.717, 1.165) is 19.3 Å². The number of amides is 3. The smallest absolute Gasteiger partial charge is 0.242 e. The SMILES string of the molecule is O=C(CN1C(=O)C2C3CCC(C3)C2C1=O)N1CCOCC1. The van der Waals surface area contributed by atoms with E-state index in [0.29, 0.717) is 38.1 Å². The third-order valence-electron chi connectivity index (χ3n) is 5.68. The largest absolute Gasteiger partial charge is 0.378 e.